The van der Waals surface area contributed by atoms with Gasteiger partial charge in [0.05, 0.1) is 13.7 Å². The monoisotopic (exact) mass is 281 g/mol. The number of rotatable bonds is 5. The fraction of sp³-hybridized carbons (Fsp3) is 0.444. The molecule has 6 nitrogen and oxygen atoms in total. The van der Waals surface area contributed by atoms with Crippen molar-refractivity contribution in [2.45, 2.75) is 11.4 Å². The van der Waals surface area contributed by atoms with Gasteiger partial charge in [-0.3, -0.25) is 0 Å². The molecule has 0 saturated carbocycles. The highest BCUT2D eigenvalue weighted by atomic mass is 35.7. The molecule has 0 bridgehead atoms. The molecule has 1 rings (SSSR count). The molecule has 0 aliphatic rings. The fourth-order valence-electron chi connectivity index (χ4n) is 1.27. The van der Waals surface area contributed by atoms with E-state index in [-0.39, 0.29) is 10.6 Å². The van der Waals surface area contributed by atoms with Crippen LogP contribution in [0, 0.1) is 0 Å². The predicted molar refractivity (Wildman–Crippen MR) is 60.7 cm³/mol. The Balaban J connectivity index is 3.16. The van der Waals surface area contributed by atoms with Crippen molar-refractivity contribution >= 4 is 25.7 Å². The molecule has 0 amide bonds. The van der Waals surface area contributed by atoms with Gasteiger partial charge in [-0.1, -0.05) is 0 Å². The van der Waals surface area contributed by atoms with E-state index in [0.717, 1.165) is 0 Å². The Hall–Kier alpha value is -1.05. The first-order valence-electron chi connectivity index (χ1n) is 4.62. The minimum atomic E-state index is -3.87. The lowest BCUT2D eigenvalue weighted by Crippen LogP contribution is -2.12. The maximum atomic E-state index is 11.4. The molecule has 1 heterocycles. The number of aromatic nitrogens is 1. The van der Waals surface area contributed by atoms with Crippen LogP contribution in [-0.2, 0) is 25.1 Å². The van der Waals surface area contributed by atoms with Crippen molar-refractivity contribution in [1.82, 2.24) is 4.57 Å². The van der Waals surface area contributed by atoms with Crippen molar-refractivity contribution in [1.29, 1.82) is 0 Å². The second kappa shape index (κ2) is 5.52. The van der Waals surface area contributed by atoms with E-state index in [1.807, 2.05) is 0 Å². The van der Waals surface area contributed by atoms with Crippen LogP contribution in [0.4, 0.5) is 0 Å². The van der Waals surface area contributed by atoms with Crippen LogP contribution < -0.4 is 0 Å². The molecular weight excluding hydrogens is 270 g/mol. The van der Waals surface area contributed by atoms with Gasteiger partial charge < -0.3 is 14.0 Å². The van der Waals surface area contributed by atoms with Crippen LogP contribution in [-0.4, -0.2) is 39.8 Å². The smallest absolute Gasteiger partial charge is 0.354 e. The third kappa shape index (κ3) is 3.45. The summed E-state index contributed by atoms with van der Waals surface area (Å²) in [6, 6.07) is 1.17. The van der Waals surface area contributed by atoms with E-state index in [2.05, 4.69) is 4.74 Å². The first-order valence-corrected chi connectivity index (χ1v) is 6.93. The highest BCUT2D eigenvalue weighted by Crippen LogP contribution is 2.19. The molecular formula is C9H12ClNO5S. The second-order valence-corrected chi connectivity index (χ2v) is 5.74. The molecule has 1 aromatic heterocycles. The maximum absolute atomic E-state index is 11.4. The van der Waals surface area contributed by atoms with Crippen LogP contribution in [0.2, 0.25) is 0 Å². The van der Waals surface area contributed by atoms with E-state index >= 15 is 0 Å². The van der Waals surface area contributed by atoms with E-state index < -0.39 is 15.0 Å². The van der Waals surface area contributed by atoms with Crippen molar-refractivity contribution < 1.29 is 22.7 Å². The summed E-state index contributed by atoms with van der Waals surface area (Å²) in [4.78, 5) is 11.3. The van der Waals surface area contributed by atoms with Crippen LogP contribution in [0.3, 0.4) is 0 Å². The number of methoxy groups -OCH3 is 2. The Kier molecular flexibility index (Phi) is 4.55. The van der Waals surface area contributed by atoms with Crippen molar-refractivity contribution in [2.24, 2.45) is 0 Å². The number of ether oxygens (including phenoxy) is 2. The largest absolute Gasteiger partial charge is 0.464 e. The van der Waals surface area contributed by atoms with Crippen molar-refractivity contribution in [3.05, 3.63) is 18.0 Å². The molecule has 0 fully saturated rings. The van der Waals surface area contributed by atoms with E-state index in [1.54, 1.807) is 0 Å². The summed E-state index contributed by atoms with van der Waals surface area (Å²) < 4.78 is 33.1. The van der Waals surface area contributed by atoms with E-state index in [1.165, 1.54) is 31.0 Å². The standard InChI is InChI=1S/C9H12ClNO5S/c1-15-4-3-11-6-7(17(10,13)14)5-8(11)9(12)16-2/h5-6H,3-4H2,1-2H3. The second-order valence-electron chi connectivity index (χ2n) is 3.18. The van der Waals surface area contributed by atoms with Gasteiger partial charge in [0.2, 0.25) is 0 Å². The molecule has 17 heavy (non-hydrogen) atoms. The van der Waals surface area contributed by atoms with Crippen LogP contribution in [0.5, 0.6) is 0 Å². The highest BCUT2D eigenvalue weighted by Gasteiger charge is 2.20. The SMILES string of the molecule is COCCn1cc(S(=O)(=O)Cl)cc1C(=O)OC. The van der Waals surface area contributed by atoms with Gasteiger partial charge in [-0.15, -0.1) is 0 Å². The predicted octanol–water partition coefficient (Wildman–Crippen LogP) is 0.849. The normalized spacial score (nSPS) is 11.5. The van der Waals surface area contributed by atoms with E-state index in [9.17, 15) is 13.2 Å². The summed E-state index contributed by atoms with van der Waals surface area (Å²) in [6.07, 6.45) is 1.27. The number of nitrogens with zero attached hydrogens (tertiary/aromatic N) is 1. The molecule has 0 spiro atoms. The average molecular weight is 282 g/mol. The van der Waals surface area contributed by atoms with Gasteiger partial charge >= 0.3 is 5.97 Å². The summed E-state index contributed by atoms with van der Waals surface area (Å²) >= 11 is 0. The third-order valence-corrected chi connectivity index (χ3v) is 3.40. The molecule has 0 aliphatic carbocycles. The quantitative estimate of drug-likeness (QED) is 0.591. The van der Waals surface area contributed by atoms with Crippen LogP contribution >= 0.6 is 10.7 Å². The molecule has 0 unspecified atom stereocenters. The Morgan fingerprint density at radius 2 is 2.12 bits per heavy atom. The minimum absolute atomic E-state index is 0.115. The van der Waals surface area contributed by atoms with Crippen molar-refractivity contribution in [2.75, 3.05) is 20.8 Å². The Bertz CT molecular complexity index is 507. The average Bonchev–Trinajstić information content (AvgIpc) is 2.68. The van der Waals surface area contributed by atoms with Gasteiger partial charge in [-0.2, -0.15) is 0 Å². The summed E-state index contributed by atoms with van der Waals surface area (Å²) in [5.74, 6) is -0.632. The van der Waals surface area contributed by atoms with Gasteiger partial charge in [0.1, 0.15) is 10.6 Å². The first-order chi connectivity index (χ1) is 7.90. The molecule has 0 radical (unpaired) electrons. The zero-order valence-electron chi connectivity index (χ0n) is 9.34. The molecule has 1 aromatic rings. The topological polar surface area (TPSA) is 74.6 Å². The van der Waals surface area contributed by atoms with Gasteiger partial charge in [-0.25, -0.2) is 13.2 Å². The number of halogens is 1. The number of hydrogen-bond donors (Lipinski definition) is 0. The van der Waals surface area contributed by atoms with Gasteiger partial charge in [0.15, 0.2) is 0 Å². The Morgan fingerprint density at radius 3 is 2.59 bits per heavy atom. The first kappa shape index (κ1) is 14.0. The lowest BCUT2D eigenvalue weighted by Gasteiger charge is -2.05. The lowest BCUT2D eigenvalue weighted by molar-refractivity contribution is 0.0586. The molecule has 0 atom stereocenters. The lowest BCUT2D eigenvalue weighted by atomic mass is 10.4. The minimum Gasteiger partial charge on any atom is -0.464 e. The third-order valence-electron chi connectivity index (χ3n) is 2.08. The van der Waals surface area contributed by atoms with E-state index in [0.29, 0.717) is 13.2 Å². The molecule has 0 aliphatic heterocycles. The number of esters is 1. The number of carbonyl (C=O) groups is 1. The summed E-state index contributed by atoms with van der Waals surface area (Å²) in [6.45, 7) is 0.661. The summed E-state index contributed by atoms with van der Waals surface area (Å²) in [7, 11) is 4.05. The van der Waals surface area contributed by atoms with Crippen LogP contribution in [0.1, 0.15) is 10.5 Å². The Morgan fingerprint density at radius 1 is 1.47 bits per heavy atom. The zero-order chi connectivity index (χ0) is 13.1. The molecule has 0 aromatic carbocycles. The summed E-state index contributed by atoms with van der Waals surface area (Å²) in [5.41, 5.74) is 0.115. The van der Waals surface area contributed by atoms with E-state index in [4.69, 9.17) is 15.4 Å². The number of hydrogen-bond acceptors (Lipinski definition) is 5. The fourth-order valence-corrected chi connectivity index (χ4v) is 2.03. The van der Waals surface area contributed by atoms with Crippen molar-refractivity contribution in [3.63, 3.8) is 0 Å². The van der Waals surface area contributed by atoms with Gasteiger partial charge in [0.25, 0.3) is 9.05 Å². The zero-order valence-corrected chi connectivity index (χ0v) is 10.9. The van der Waals surface area contributed by atoms with Crippen LogP contribution in [0.15, 0.2) is 17.2 Å². The maximum Gasteiger partial charge on any atom is 0.354 e. The molecule has 96 valence electrons. The molecule has 0 N–H and O–H groups in total. The highest BCUT2D eigenvalue weighted by molar-refractivity contribution is 8.13. The number of carbonyl (C=O) groups excluding carboxylic acids is 1. The molecule has 8 heteroatoms. The Labute approximate surface area is 103 Å². The molecule has 0 saturated heterocycles. The van der Waals surface area contributed by atoms with Gasteiger partial charge in [-0.05, 0) is 6.07 Å². The summed E-state index contributed by atoms with van der Waals surface area (Å²) in [5, 5.41) is 0. The van der Waals surface area contributed by atoms with Gasteiger partial charge in [0, 0.05) is 30.5 Å². The van der Waals surface area contributed by atoms with Crippen LogP contribution in [0.25, 0.3) is 0 Å². The van der Waals surface area contributed by atoms with Crippen molar-refractivity contribution in [3.8, 4) is 0 Å².